The summed E-state index contributed by atoms with van der Waals surface area (Å²) in [6, 6.07) is 10.8. The molecule has 0 amide bonds. The Labute approximate surface area is 105 Å². The molecule has 0 atom stereocenters. The average molecular weight is 244 g/mol. The maximum Gasteiger partial charge on any atom is 0.187 e. The van der Waals surface area contributed by atoms with E-state index in [4.69, 9.17) is 11.6 Å². The second kappa shape index (κ2) is 5.41. The monoisotopic (exact) mass is 243 g/mol. The summed E-state index contributed by atoms with van der Waals surface area (Å²) in [5.74, 6) is -0.0712. The molecule has 0 radical (unpaired) electrons. The maximum absolute atomic E-state index is 11.7. The molecule has 0 aliphatic rings. The molecule has 0 N–H and O–H groups in total. The third-order valence-electron chi connectivity index (χ3n) is 2.22. The standard InChI is InChI=1S/C14H10ClNO/c15-13-5-1-3-11(9-13)6-7-14(17)12-4-2-8-16-10-12/h1-10H/b7-6+. The summed E-state index contributed by atoms with van der Waals surface area (Å²) in [6.07, 6.45) is 6.44. The minimum atomic E-state index is -0.0712. The molecule has 0 aliphatic carbocycles. The first-order valence-corrected chi connectivity index (χ1v) is 5.51. The van der Waals surface area contributed by atoms with Crippen molar-refractivity contribution in [3.63, 3.8) is 0 Å². The third-order valence-corrected chi connectivity index (χ3v) is 2.46. The van der Waals surface area contributed by atoms with Gasteiger partial charge in [-0.25, -0.2) is 0 Å². The van der Waals surface area contributed by atoms with Crippen LogP contribution in [-0.4, -0.2) is 10.8 Å². The lowest BCUT2D eigenvalue weighted by Gasteiger charge is -1.95. The van der Waals surface area contributed by atoms with Gasteiger partial charge in [-0.05, 0) is 35.9 Å². The molecule has 17 heavy (non-hydrogen) atoms. The highest BCUT2D eigenvalue weighted by Gasteiger charge is 2.00. The number of ketones is 1. The van der Waals surface area contributed by atoms with E-state index in [9.17, 15) is 4.79 Å². The van der Waals surface area contributed by atoms with Crippen LogP contribution in [0.4, 0.5) is 0 Å². The highest BCUT2D eigenvalue weighted by atomic mass is 35.5. The highest BCUT2D eigenvalue weighted by molar-refractivity contribution is 6.30. The van der Waals surface area contributed by atoms with Crippen LogP contribution in [0.25, 0.3) is 6.08 Å². The normalized spacial score (nSPS) is 10.6. The van der Waals surface area contributed by atoms with E-state index in [-0.39, 0.29) is 5.78 Å². The Kier molecular flexibility index (Phi) is 3.68. The van der Waals surface area contributed by atoms with Gasteiger partial charge in [-0.15, -0.1) is 0 Å². The first kappa shape index (κ1) is 11.6. The van der Waals surface area contributed by atoms with Crippen LogP contribution in [0, 0.1) is 0 Å². The molecular weight excluding hydrogens is 234 g/mol. The van der Waals surface area contributed by atoms with Crippen LogP contribution >= 0.6 is 11.6 Å². The number of halogens is 1. The Morgan fingerprint density at radius 1 is 1.24 bits per heavy atom. The number of pyridine rings is 1. The minimum absolute atomic E-state index is 0.0712. The molecule has 2 nitrogen and oxygen atoms in total. The van der Waals surface area contributed by atoms with E-state index >= 15 is 0 Å². The molecule has 0 spiro atoms. The van der Waals surface area contributed by atoms with Crippen molar-refractivity contribution < 1.29 is 4.79 Å². The molecular formula is C14H10ClNO. The number of allylic oxidation sites excluding steroid dienone is 1. The van der Waals surface area contributed by atoms with E-state index in [1.54, 1.807) is 42.7 Å². The molecule has 84 valence electrons. The largest absolute Gasteiger partial charge is 0.289 e. The molecule has 1 heterocycles. The number of hydrogen-bond acceptors (Lipinski definition) is 2. The molecule has 0 fully saturated rings. The number of benzene rings is 1. The van der Waals surface area contributed by atoms with E-state index < -0.39 is 0 Å². The second-order valence-electron chi connectivity index (χ2n) is 3.49. The number of hydrogen-bond donors (Lipinski definition) is 0. The van der Waals surface area contributed by atoms with Crippen LogP contribution in [0.1, 0.15) is 15.9 Å². The average Bonchev–Trinajstić information content (AvgIpc) is 2.37. The van der Waals surface area contributed by atoms with Gasteiger partial charge in [0.15, 0.2) is 5.78 Å². The second-order valence-corrected chi connectivity index (χ2v) is 3.93. The van der Waals surface area contributed by atoms with Crippen molar-refractivity contribution >= 4 is 23.5 Å². The molecule has 0 saturated carbocycles. The van der Waals surface area contributed by atoms with Crippen LogP contribution in [-0.2, 0) is 0 Å². The van der Waals surface area contributed by atoms with Crippen LogP contribution in [0.2, 0.25) is 5.02 Å². The van der Waals surface area contributed by atoms with Crippen molar-refractivity contribution in [3.8, 4) is 0 Å². The van der Waals surface area contributed by atoms with Crippen molar-refractivity contribution in [1.29, 1.82) is 0 Å². The zero-order valence-electron chi connectivity index (χ0n) is 9.01. The Morgan fingerprint density at radius 3 is 2.82 bits per heavy atom. The molecule has 2 rings (SSSR count). The summed E-state index contributed by atoms with van der Waals surface area (Å²) in [7, 11) is 0. The molecule has 1 aromatic heterocycles. The van der Waals surface area contributed by atoms with E-state index in [2.05, 4.69) is 4.98 Å². The number of nitrogens with zero attached hydrogens (tertiary/aromatic N) is 1. The molecule has 2 aromatic rings. The van der Waals surface area contributed by atoms with E-state index in [1.807, 2.05) is 12.1 Å². The Hall–Kier alpha value is -1.93. The summed E-state index contributed by atoms with van der Waals surface area (Å²) in [5, 5.41) is 0.654. The molecule has 0 unspecified atom stereocenters. The summed E-state index contributed by atoms with van der Waals surface area (Å²) >= 11 is 5.85. The topological polar surface area (TPSA) is 30.0 Å². The van der Waals surface area contributed by atoms with Gasteiger partial charge in [-0.2, -0.15) is 0 Å². The van der Waals surface area contributed by atoms with Crippen LogP contribution in [0.15, 0.2) is 54.9 Å². The number of carbonyl (C=O) groups excluding carboxylic acids is 1. The first-order chi connectivity index (χ1) is 8.25. The lowest BCUT2D eigenvalue weighted by atomic mass is 10.1. The third kappa shape index (κ3) is 3.26. The van der Waals surface area contributed by atoms with Gasteiger partial charge in [0.1, 0.15) is 0 Å². The Morgan fingerprint density at radius 2 is 2.12 bits per heavy atom. The quantitative estimate of drug-likeness (QED) is 0.609. The van der Waals surface area contributed by atoms with Crippen LogP contribution in [0.3, 0.4) is 0 Å². The van der Waals surface area contributed by atoms with Gasteiger partial charge in [-0.3, -0.25) is 9.78 Å². The van der Waals surface area contributed by atoms with Gasteiger partial charge in [0.05, 0.1) is 0 Å². The fraction of sp³-hybridized carbons (Fsp3) is 0. The highest BCUT2D eigenvalue weighted by Crippen LogP contribution is 2.12. The smallest absolute Gasteiger partial charge is 0.187 e. The van der Waals surface area contributed by atoms with Gasteiger partial charge in [-0.1, -0.05) is 29.8 Å². The molecule has 0 bridgehead atoms. The Bertz CT molecular complexity index is 549. The summed E-state index contributed by atoms with van der Waals surface area (Å²) < 4.78 is 0. The van der Waals surface area contributed by atoms with Crippen LogP contribution < -0.4 is 0 Å². The van der Waals surface area contributed by atoms with Gasteiger partial charge in [0.25, 0.3) is 0 Å². The lowest BCUT2D eigenvalue weighted by molar-refractivity contribution is 0.104. The van der Waals surface area contributed by atoms with Crippen molar-refractivity contribution in [2.24, 2.45) is 0 Å². The minimum Gasteiger partial charge on any atom is -0.289 e. The van der Waals surface area contributed by atoms with Gasteiger partial charge in [0, 0.05) is 23.0 Å². The van der Waals surface area contributed by atoms with Crippen molar-refractivity contribution in [2.75, 3.05) is 0 Å². The van der Waals surface area contributed by atoms with Crippen molar-refractivity contribution in [3.05, 3.63) is 71.0 Å². The lowest BCUT2D eigenvalue weighted by Crippen LogP contribution is -1.93. The molecule has 3 heteroatoms. The van der Waals surface area contributed by atoms with Gasteiger partial charge >= 0.3 is 0 Å². The van der Waals surface area contributed by atoms with E-state index in [0.717, 1.165) is 5.56 Å². The fourth-order valence-corrected chi connectivity index (χ4v) is 1.59. The summed E-state index contributed by atoms with van der Waals surface area (Å²) in [4.78, 5) is 15.6. The fourth-order valence-electron chi connectivity index (χ4n) is 1.39. The van der Waals surface area contributed by atoms with Crippen molar-refractivity contribution in [2.45, 2.75) is 0 Å². The molecule has 1 aromatic carbocycles. The Balaban J connectivity index is 2.14. The summed E-state index contributed by atoms with van der Waals surface area (Å²) in [5.41, 5.74) is 1.47. The zero-order chi connectivity index (χ0) is 12.1. The maximum atomic E-state index is 11.7. The first-order valence-electron chi connectivity index (χ1n) is 5.14. The predicted molar refractivity (Wildman–Crippen MR) is 69.1 cm³/mol. The van der Waals surface area contributed by atoms with Crippen LogP contribution in [0.5, 0.6) is 0 Å². The van der Waals surface area contributed by atoms with Gasteiger partial charge in [0.2, 0.25) is 0 Å². The summed E-state index contributed by atoms with van der Waals surface area (Å²) in [6.45, 7) is 0. The van der Waals surface area contributed by atoms with Gasteiger partial charge < -0.3 is 0 Å². The molecule has 0 aliphatic heterocycles. The number of rotatable bonds is 3. The number of carbonyl (C=O) groups is 1. The van der Waals surface area contributed by atoms with E-state index in [1.165, 1.54) is 6.08 Å². The molecule has 0 saturated heterocycles. The zero-order valence-corrected chi connectivity index (χ0v) is 9.76. The predicted octanol–water partition coefficient (Wildman–Crippen LogP) is 3.63. The number of aromatic nitrogens is 1. The van der Waals surface area contributed by atoms with E-state index in [0.29, 0.717) is 10.6 Å². The SMILES string of the molecule is O=C(/C=C/c1cccc(Cl)c1)c1cccnc1. The van der Waals surface area contributed by atoms with Crippen molar-refractivity contribution in [1.82, 2.24) is 4.98 Å².